The van der Waals surface area contributed by atoms with E-state index < -0.39 is 0 Å². The van der Waals surface area contributed by atoms with E-state index in [1.165, 1.54) is 64.6 Å². The van der Waals surface area contributed by atoms with Gasteiger partial charge in [-0.2, -0.15) is 0 Å². The van der Waals surface area contributed by atoms with E-state index in [2.05, 4.69) is 9.88 Å². The van der Waals surface area contributed by atoms with Gasteiger partial charge < -0.3 is 9.80 Å². The van der Waals surface area contributed by atoms with Crippen LogP contribution in [-0.2, 0) is 17.8 Å². The first-order chi connectivity index (χ1) is 12.7. The average Bonchev–Trinajstić information content (AvgIpc) is 2.68. The molecule has 0 bridgehead atoms. The fourth-order valence-corrected chi connectivity index (χ4v) is 4.91. The summed E-state index contributed by atoms with van der Waals surface area (Å²) >= 11 is 0. The SMILES string of the molecule is CC(=O)N1CCc2nc(C3CCN(CC4CCCCC4)CC3)ncc2C1. The van der Waals surface area contributed by atoms with Crippen molar-refractivity contribution in [3.63, 3.8) is 0 Å². The number of carbonyl (C=O) groups is 1. The number of carbonyl (C=O) groups excluding carboxylic acids is 1. The van der Waals surface area contributed by atoms with Gasteiger partial charge in [-0.3, -0.25) is 4.79 Å². The summed E-state index contributed by atoms with van der Waals surface area (Å²) in [6.45, 7) is 6.79. The Morgan fingerprint density at radius 1 is 1.12 bits per heavy atom. The number of amides is 1. The molecule has 0 N–H and O–H groups in total. The summed E-state index contributed by atoms with van der Waals surface area (Å²) < 4.78 is 0. The second kappa shape index (κ2) is 8.03. The van der Waals surface area contributed by atoms with Crippen LogP contribution in [0.5, 0.6) is 0 Å². The number of piperidine rings is 1. The van der Waals surface area contributed by atoms with Crippen molar-refractivity contribution in [3.8, 4) is 0 Å². The molecule has 1 aromatic rings. The van der Waals surface area contributed by atoms with Crippen LogP contribution in [0, 0.1) is 5.92 Å². The van der Waals surface area contributed by atoms with Crippen molar-refractivity contribution >= 4 is 5.91 Å². The summed E-state index contributed by atoms with van der Waals surface area (Å²) in [4.78, 5) is 25.7. The summed E-state index contributed by atoms with van der Waals surface area (Å²) in [5, 5.41) is 0. The van der Waals surface area contributed by atoms with E-state index in [4.69, 9.17) is 4.98 Å². The molecule has 4 rings (SSSR count). The lowest BCUT2D eigenvalue weighted by Gasteiger charge is -2.35. The maximum atomic E-state index is 11.6. The molecule has 0 aromatic carbocycles. The molecule has 5 heteroatoms. The number of likely N-dealkylation sites (tertiary alicyclic amines) is 1. The van der Waals surface area contributed by atoms with Gasteiger partial charge in [0, 0.05) is 50.7 Å². The molecule has 1 saturated heterocycles. The Kier molecular flexibility index (Phi) is 5.53. The summed E-state index contributed by atoms with van der Waals surface area (Å²) in [5.74, 6) is 2.63. The Morgan fingerprint density at radius 2 is 1.88 bits per heavy atom. The fraction of sp³-hybridized carbons (Fsp3) is 0.762. The Bertz CT molecular complexity index is 633. The molecule has 1 aliphatic carbocycles. The molecule has 0 unspecified atom stereocenters. The predicted molar refractivity (Wildman–Crippen MR) is 102 cm³/mol. The van der Waals surface area contributed by atoms with E-state index in [9.17, 15) is 4.79 Å². The van der Waals surface area contributed by atoms with E-state index in [1.807, 2.05) is 11.1 Å². The van der Waals surface area contributed by atoms with Crippen molar-refractivity contribution in [2.45, 2.75) is 70.8 Å². The lowest BCUT2D eigenvalue weighted by molar-refractivity contribution is -0.129. The van der Waals surface area contributed by atoms with Crippen molar-refractivity contribution in [2.75, 3.05) is 26.2 Å². The third-order valence-corrected chi connectivity index (χ3v) is 6.59. The van der Waals surface area contributed by atoms with Crippen LogP contribution < -0.4 is 0 Å². The van der Waals surface area contributed by atoms with Gasteiger partial charge in [-0.1, -0.05) is 19.3 Å². The summed E-state index contributed by atoms with van der Waals surface area (Å²) in [7, 11) is 0. The van der Waals surface area contributed by atoms with E-state index in [0.717, 1.165) is 36.0 Å². The molecule has 2 aliphatic heterocycles. The highest BCUT2D eigenvalue weighted by Crippen LogP contribution is 2.30. The monoisotopic (exact) mass is 356 g/mol. The fourth-order valence-electron chi connectivity index (χ4n) is 4.91. The van der Waals surface area contributed by atoms with Gasteiger partial charge in [-0.15, -0.1) is 0 Å². The molecule has 5 nitrogen and oxygen atoms in total. The number of aromatic nitrogens is 2. The maximum absolute atomic E-state index is 11.6. The standard InChI is InChI=1S/C21H32N4O/c1-16(26)25-12-9-20-19(15-25)13-22-21(23-20)18-7-10-24(11-8-18)14-17-5-3-2-4-6-17/h13,17-18H,2-12,14-15H2,1H3. The first-order valence-corrected chi connectivity index (χ1v) is 10.5. The first-order valence-electron chi connectivity index (χ1n) is 10.5. The Morgan fingerprint density at radius 3 is 2.62 bits per heavy atom. The lowest BCUT2D eigenvalue weighted by atomic mass is 9.88. The van der Waals surface area contributed by atoms with Crippen LogP contribution in [0.25, 0.3) is 0 Å². The van der Waals surface area contributed by atoms with E-state index in [0.29, 0.717) is 12.5 Å². The quantitative estimate of drug-likeness (QED) is 0.835. The van der Waals surface area contributed by atoms with E-state index in [1.54, 1.807) is 6.92 Å². The third kappa shape index (κ3) is 4.08. The molecule has 0 atom stereocenters. The molecule has 0 radical (unpaired) electrons. The van der Waals surface area contributed by atoms with Crippen molar-refractivity contribution in [1.82, 2.24) is 19.8 Å². The smallest absolute Gasteiger partial charge is 0.219 e. The van der Waals surface area contributed by atoms with Crippen LogP contribution in [0.4, 0.5) is 0 Å². The van der Waals surface area contributed by atoms with Crippen molar-refractivity contribution in [1.29, 1.82) is 0 Å². The van der Waals surface area contributed by atoms with Gasteiger partial charge in [0.2, 0.25) is 5.91 Å². The van der Waals surface area contributed by atoms with Gasteiger partial charge >= 0.3 is 0 Å². The topological polar surface area (TPSA) is 49.3 Å². The zero-order valence-corrected chi connectivity index (χ0v) is 16.1. The second-order valence-electron chi connectivity index (χ2n) is 8.47. The summed E-state index contributed by atoms with van der Waals surface area (Å²) in [5.41, 5.74) is 2.29. The minimum atomic E-state index is 0.144. The minimum absolute atomic E-state index is 0.144. The van der Waals surface area contributed by atoms with Gasteiger partial charge in [-0.05, 0) is 44.7 Å². The highest BCUT2D eigenvalue weighted by molar-refractivity contribution is 5.73. The number of rotatable bonds is 3. The Labute approximate surface area is 157 Å². The third-order valence-electron chi connectivity index (χ3n) is 6.59. The Balaban J connectivity index is 1.32. The average molecular weight is 357 g/mol. The van der Waals surface area contributed by atoms with Crippen LogP contribution in [0.15, 0.2) is 6.20 Å². The normalized spacial score (nSPS) is 23.0. The molecule has 26 heavy (non-hydrogen) atoms. The van der Waals surface area contributed by atoms with Crippen molar-refractivity contribution in [3.05, 3.63) is 23.3 Å². The van der Waals surface area contributed by atoms with Crippen LogP contribution >= 0.6 is 0 Å². The van der Waals surface area contributed by atoms with E-state index >= 15 is 0 Å². The molecule has 3 aliphatic rings. The zero-order chi connectivity index (χ0) is 17.9. The van der Waals surface area contributed by atoms with Gasteiger partial charge in [-0.25, -0.2) is 9.97 Å². The molecule has 0 spiro atoms. The molecule has 1 saturated carbocycles. The largest absolute Gasteiger partial charge is 0.338 e. The number of nitrogens with zero attached hydrogens (tertiary/aromatic N) is 4. The minimum Gasteiger partial charge on any atom is -0.338 e. The highest BCUT2D eigenvalue weighted by atomic mass is 16.2. The zero-order valence-electron chi connectivity index (χ0n) is 16.1. The first kappa shape index (κ1) is 17.9. The van der Waals surface area contributed by atoms with Crippen molar-refractivity contribution < 1.29 is 4.79 Å². The second-order valence-corrected chi connectivity index (χ2v) is 8.47. The predicted octanol–water partition coefficient (Wildman–Crippen LogP) is 3.14. The van der Waals surface area contributed by atoms with Gasteiger partial charge in [0.15, 0.2) is 0 Å². The van der Waals surface area contributed by atoms with Crippen molar-refractivity contribution in [2.24, 2.45) is 5.92 Å². The molecular formula is C21H32N4O. The lowest BCUT2D eigenvalue weighted by Crippen LogP contribution is -2.38. The highest BCUT2D eigenvalue weighted by Gasteiger charge is 2.27. The van der Waals surface area contributed by atoms with Gasteiger partial charge in [0.1, 0.15) is 5.82 Å². The molecule has 3 heterocycles. The molecule has 1 aromatic heterocycles. The molecule has 142 valence electrons. The number of fused-ring (bicyclic) bond motifs is 1. The number of hydrogen-bond donors (Lipinski definition) is 0. The van der Waals surface area contributed by atoms with Crippen LogP contribution in [-0.4, -0.2) is 51.9 Å². The van der Waals surface area contributed by atoms with Gasteiger partial charge in [0.05, 0.1) is 5.69 Å². The van der Waals surface area contributed by atoms with Crippen LogP contribution in [0.2, 0.25) is 0 Å². The van der Waals surface area contributed by atoms with Gasteiger partial charge in [0.25, 0.3) is 0 Å². The van der Waals surface area contributed by atoms with Crippen LogP contribution in [0.3, 0.4) is 0 Å². The summed E-state index contributed by atoms with van der Waals surface area (Å²) in [6, 6.07) is 0. The molecule has 1 amide bonds. The van der Waals surface area contributed by atoms with E-state index in [-0.39, 0.29) is 5.91 Å². The van der Waals surface area contributed by atoms with Crippen LogP contribution in [0.1, 0.15) is 74.9 Å². The Hall–Kier alpha value is -1.49. The summed E-state index contributed by atoms with van der Waals surface area (Å²) in [6.07, 6.45) is 12.4. The molecule has 2 fully saturated rings. The molecular weight excluding hydrogens is 324 g/mol. The number of hydrogen-bond acceptors (Lipinski definition) is 4. The maximum Gasteiger partial charge on any atom is 0.219 e.